The quantitative estimate of drug-likeness (QED) is 0.444. The molecule has 0 saturated carbocycles. The number of aryl methyl sites for hydroxylation is 1. The molecule has 0 saturated heterocycles. The van der Waals surface area contributed by atoms with Gasteiger partial charge in [-0.2, -0.15) is 0 Å². The summed E-state index contributed by atoms with van der Waals surface area (Å²) in [5.74, 6) is 0. The van der Waals surface area contributed by atoms with Crippen LogP contribution in [0.5, 0.6) is 0 Å². The summed E-state index contributed by atoms with van der Waals surface area (Å²) < 4.78 is 10.0. The Labute approximate surface area is 151 Å². The first-order chi connectivity index (χ1) is 11.9. The van der Waals surface area contributed by atoms with E-state index in [4.69, 9.17) is 4.74 Å². The molecule has 0 amide bonds. The minimum absolute atomic E-state index is 0.603. The van der Waals surface area contributed by atoms with Crippen LogP contribution in [0.2, 0.25) is 25.7 Å². The van der Waals surface area contributed by atoms with Crippen molar-refractivity contribution in [2.24, 2.45) is 0 Å². The molecule has 0 aliphatic heterocycles. The van der Waals surface area contributed by atoms with Gasteiger partial charge in [-0.05, 0) is 18.5 Å². The minimum atomic E-state index is -1.03. The average molecular weight is 354 g/mol. The SMILES string of the molecule is Cc1cn(COCC[Si](C)(C)C)cc1-n1cnc(-c2ccccc2)c1. The van der Waals surface area contributed by atoms with Crippen LogP contribution in [0, 0.1) is 6.92 Å². The minimum Gasteiger partial charge on any atom is -0.361 e. The predicted octanol–water partition coefficient (Wildman–Crippen LogP) is 4.96. The van der Waals surface area contributed by atoms with Crippen molar-refractivity contribution in [3.63, 3.8) is 0 Å². The molecule has 0 N–H and O–H groups in total. The number of imidazole rings is 1. The third kappa shape index (κ3) is 4.71. The summed E-state index contributed by atoms with van der Waals surface area (Å²) in [6.45, 7) is 10.7. The Hall–Kier alpha value is -2.11. The molecule has 3 rings (SSSR count). The fraction of sp³-hybridized carbons (Fsp3) is 0.350. The zero-order valence-electron chi connectivity index (χ0n) is 15.6. The van der Waals surface area contributed by atoms with Crippen LogP contribution in [0.1, 0.15) is 5.56 Å². The van der Waals surface area contributed by atoms with Crippen LogP contribution >= 0.6 is 0 Å². The number of hydrogen-bond donors (Lipinski definition) is 0. The third-order valence-corrected chi connectivity index (χ3v) is 5.92. The van der Waals surface area contributed by atoms with Gasteiger partial charge in [-0.15, -0.1) is 0 Å². The van der Waals surface area contributed by atoms with Crippen molar-refractivity contribution in [3.05, 3.63) is 60.8 Å². The van der Waals surface area contributed by atoms with Gasteiger partial charge in [0.15, 0.2) is 0 Å². The van der Waals surface area contributed by atoms with Gasteiger partial charge in [-0.25, -0.2) is 4.98 Å². The lowest BCUT2D eigenvalue weighted by Crippen LogP contribution is -2.21. The molecule has 132 valence electrons. The number of benzene rings is 1. The second kappa shape index (κ2) is 7.41. The van der Waals surface area contributed by atoms with Gasteiger partial charge in [0.25, 0.3) is 0 Å². The van der Waals surface area contributed by atoms with E-state index < -0.39 is 8.07 Å². The molecule has 0 fully saturated rings. The maximum Gasteiger partial charge on any atom is 0.122 e. The van der Waals surface area contributed by atoms with Gasteiger partial charge < -0.3 is 13.9 Å². The molecule has 2 aromatic heterocycles. The van der Waals surface area contributed by atoms with Crippen LogP contribution in [-0.2, 0) is 11.5 Å². The highest BCUT2D eigenvalue weighted by Gasteiger charge is 2.12. The lowest BCUT2D eigenvalue weighted by molar-refractivity contribution is 0.0874. The first-order valence-corrected chi connectivity index (χ1v) is 12.5. The van der Waals surface area contributed by atoms with Crippen molar-refractivity contribution in [1.82, 2.24) is 14.1 Å². The standard InChI is InChI=1S/C20H27N3OSi/c1-17-12-22(16-24-10-11-25(2,3)4)14-20(17)23-13-19(21-15-23)18-8-6-5-7-9-18/h5-9,12-15H,10-11,16H2,1-4H3. The van der Waals surface area contributed by atoms with E-state index in [9.17, 15) is 0 Å². The van der Waals surface area contributed by atoms with E-state index in [1.54, 1.807) is 0 Å². The number of nitrogens with zero attached hydrogens (tertiary/aromatic N) is 3. The van der Waals surface area contributed by atoms with Crippen molar-refractivity contribution in [3.8, 4) is 16.9 Å². The molecule has 3 aromatic rings. The number of rotatable bonds is 7. The van der Waals surface area contributed by atoms with Crippen LogP contribution < -0.4 is 0 Å². The molecule has 25 heavy (non-hydrogen) atoms. The number of aromatic nitrogens is 3. The smallest absolute Gasteiger partial charge is 0.122 e. The zero-order chi connectivity index (χ0) is 17.9. The molecule has 2 heterocycles. The topological polar surface area (TPSA) is 32.0 Å². The fourth-order valence-corrected chi connectivity index (χ4v) is 3.47. The third-order valence-electron chi connectivity index (χ3n) is 4.22. The van der Waals surface area contributed by atoms with E-state index in [1.165, 1.54) is 11.6 Å². The van der Waals surface area contributed by atoms with E-state index in [0.717, 1.165) is 23.6 Å². The Morgan fingerprint density at radius 1 is 1.04 bits per heavy atom. The van der Waals surface area contributed by atoms with E-state index in [-0.39, 0.29) is 0 Å². The van der Waals surface area contributed by atoms with E-state index in [2.05, 4.69) is 71.4 Å². The molecule has 0 unspecified atom stereocenters. The molecular weight excluding hydrogens is 326 g/mol. The lowest BCUT2D eigenvalue weighted by atomic mass is 10.2. The first-order valence-electron chi connectivity index (χ1n) is 8.76. The Kier molecular flexibility index (Phi) is 5.25. The van der Waals surface area contributed by atoms with Gasteiger partial charge in [0.2, 0.25) is 0 Å². The van der Waals surface area contributed by atoms with E-state index >= 15 is 0 Å². The molecule has 4 nitrogen and oxygen atoms in total. The van der Waals surface area contributed by atoms with Crippen LogP contribution in [0.25, 0.3) is 16.9 Å². The predicted molar refractivity (Wildman–Crippen MR) is 106 cm³/mol. The largest absolute Gasteiger partial charge is 0.361 e. The van der Waals surface area contributed by atoms with Crippen molar-refractivity contribution in [1.29, 1.82) is 0 Å². The number of hydrogen-bond acceptors (Lipinski definition) is 2. The van der Waals surface area contributed by atoms with Crippen LogP contribution in [-0.4, -0.2) is 28.8 Å². The monoisotopic (exact) mass is 353 g/mol. The highest BCUT2D eigenvalue weighted by molar-refractivity contribution is 6.76. The first kappa shape index (κ1) is 17.7. The molecule has 0 bridgehead atoms. The van der Waals surface area contributed by atoms with E-state index in [0.29, 0.717) is 6.73 Å². The Bertz CT molecular complexity index is 815. The number of ether oxygens (including phenoxy) is 1. The van der Waals surface area contributed by atoms with Gasteiger partial charge in [0.05, 0.1) is 17.7 Å². The van der Waals surface area contributed by atoms with Crippen LogP contribution in [0.3, 0.4) is 0 Å². The molecule has 0 radical (unpaired) electrons. The van der Waals surface area contributed by atoms with Gasteiger partial charge in [0, 0.05) is 38.8 Å². The van der Waals surface area contributed by atoms with Gasteiger partial charge in [-0.3, -0.25) is 0 Å². The van der Waals surface area contributed by atoms with Crippen molar-refractivity contribution < 1.29 is 4.74 Å². The zero-order valence-corrected chi connectivity index (χ0v) is 16.6. The summed E-state index contributed by atoms with van der Waals surface area (Å²) in [7, 11) is -1.03. The van der Waals surface area contributed by atoms with Crippen LogP contribution in [0.4, 0.5) is 0 Å². The molecular formula is C20H27N3OSi. The Morgan fingerprint density at radius 3 is 2.52 bits per heavy atom. The molecule has 5 heteroatoms. The molecule has 0 aliphatic rings. The van der Waals surface area contributed by atoms with Crippen molar-refractivity contribution in [2.45, 2.75) is 39.3 Å². The van der Waals surface area contributed by atoms with Crippen molar-refractivity contribution >= 4 is 8.07 Å². The summed E-state index contributed by atoms with van der Waals surface area (Å²) in [6.07, 6.45) is 8.21. The maximum atomic E-state index is 5.85. The van der Waals surface area contributed by atoms with Crippen molar-refractivity contribution in [2.75, 3.05) is 6.61 Å². The summed E-state index contributed by atoms with van der Waals surface area (Å²) in [5.41, 5.74) is 4.47. The van der Waals surface area contributed by atoms with Gasteiger partial charge >= 0.3 is 0 Å². The maximum absolute atomic E-state index is 5.85. The van der Waals surface area contributed by atoms with Crippen LogP contribution in [0.15, 0.2) is 55.2 Å². The summed E-state index contributed by atoms with van der Waals surface area (Å²) in [6, 6.07) is 11.4. The Morgan fingerprint density at radius 2 is 1.80 bits per heavy atom. The lowest BCUT2D eigenvalue weighted by Gasteiger charge is -2.15. The second-order valence-corrected chi connectivity index (χ2v) is 13.3. The van der Waals surface area contributed by atoms with Gasteiger partial charge in [0.1, 0.15) is 6.73 Å². The molecule has 0 spiro atoms. The van der Waals surface area contributed by atoms with Gasteiger partial charge in [-0.1, -0.05) is 50.0 Å². The highest BCUT2D eigenvalue weighted by Crippen LogP contribution is 2.21. The highest BCUT2D eigenvalue weighted by atomic mass is 28.3. The summed E-state index contributed by atoms with van der Waals surface area (Å²) in [4.78, 5) is 4.54. The summed E-state index contributed by atoms with van der Waals surface area (Å²) >= 11 is 0. The average Bonchev–Trinajstić information content (AvgIpc) is 3.18. The molecule has 1 aromatic carbocycles. The Balaban J connectivity index is 1.68. The fourth-order valence-electron chi connectivity index (χ4n) is 2.72. The molecule has 0 atom stereocenters. The molecule has 0 aliphatic carbocycles. The van der Waals surface area contributed by atoms with E-state index in [1.807, 2.05) is 24.5 Å². The normalized spacial score (nSPS) is 11.8. The summed E-state index contributed by atoms with van der Waals surface area (Å²) in [5, 5.41) is 0. The second-order valence-electron chi connectivity index (χ2n) is 7.72.